The maximum atomic E-state index is 13.1. The number of benzene rings is 1. The number of nitrogens with one attached hydrogen (secondary N) is 3. The standard InChI is InChI=1S/C19H31FN4O/c20-17-7-5-15(6-8-17)19-16(13-22-23-19)12-21-9-3-11-24-10-2-1-4-18(24)14-25/h5-8,16,18-19,21-23,25H,1-4,9-14H2. The van der Waals surface area contributed by atoms with E-state index < -0.39 is 0 Å². The second-order valence-corrected chi connectivity index (χ2v) is 7.24. The number of rotatable bonds is 8. The fraction of sp³-hybridized carbons (Fsp3) is 0.684. The number of aliphatic hydroxyl groups is 1. The third kappa shape index (κ3) is 5.21. The Morgan fingerprint density at radius 3 is 2.88 bits per heavy atom. The molecule has 0 amide bonds. The van der Waals surface area contributed by atoms with Crippen LogP contribution in [0.5, 0.6) is 0 Å². The molecule has 2 aliphatic rings. The number of halogens is 1. The molecule has 2 saturated heterocycles. The predicted molar refractivity (Wildman–Crippen MR) is 97.6 cm³/mol. The van der Waals surface area contributed by atoms with Crippen LogP contribution >= 0.6 is 0 Å². The van der Waals surface area contributed by atoms with Crippen LogP contribution in [0.3, 0.4) is 0 Å². The second kappa shape index (κ2) is 9.59. The van der Waals surface area contributed by atoms with Crippen molar-refractivity contribution in [2.75, 3.05) is 39.3 Å². The van der Waals surface area contributed by atoms with Crippen molar-refractivity contribution >= 4 is 0 Å². The summed E-state index contributed by atoms with van der Waals surface area (Å²) in [6.07, 6.45) is 4.73. The number of piperidine rings is 1. The molecule has 0 saturated carbocycles. The van der Waals surface area contributed by atoms with E-state index in [1.54, 1.807) is 0 Å². The van der Waals surface area contributed by atoms with Crippen LogP contribution in [-0.2, 0) is 0 Å². The van der Waals surface area contributed by atoms with E-state index in [0.717, 1.165) is 51.1 Å². The van der Waals surface area contributed by atoms with Gasteiger partial charge in [0.1, 0.15) is 5.82 Å². The van der Waals surface area contributed by atoms with Gasteiger partial charge < -0.3 is 10.4 Å². The summed E-state index contributed by atoms with van der Waals surface area (Å²) in [7, 11) is 0. The summed E-state index contributed by atoms with van der Waals surface area (Å²) in [6.45, 7) is 5.29. The Balaban J connectivity index is 1.37. The van der Waals surface area contributed by atoms with Crippen LogP contribution in [0, 0.1) is 11.7 Å². The highest BCUT2D eigenvalue weighted by Gasteiger charge is 2.27. The third-order valence-corrected chi connectivity index (χ3v) is 5.49. The summed E-state index contributed by atoms with van der Waals surface area (Å²) in [5, 5.41) is 13.0. The number of nitrogens with zero attached hydrogens (tertiary/aromatic N) is 1. The maximum absolute atomic E-state index is 13.1. The quantitative estimate of drug-likeness (QED) is 0.534. The molecule has 6 heteroatoms. The summed E-state index contributed by atoms with van der Waals surface area (Å²) in [6, 6.07) is 7.34. The van der Waals surface area contributed by atoms with Gasteiger partial charge in [0, 0.05) is 25.0 Å². The Kier molecular flexibility index (Phi) is 7.19. The van der Waals surface area contributed by atoms with Crippen molar-refractivity contribution in [3.05, 3.63) is 35.6 Å². The van der Waals surface area contributed by atoms with Crippen LogP contribution < -0.4 is 16.2 Å². The topological polar surface area (TPSA) is 59.6 Å². The van der Waals surface area contributed by atoms with Crippen LogP contribution in [0.25, 0.3) is 0 Å². The van der Waals surface area contributed by atoms with E-state index in [4.69, 9.17) is 0 Å². The minimum atomic E-state index is -0.191. The zero-order chi connectivity index (χ0) is 17.5. The van der Waals surface area contributed by atoms with Crippen molar-refractivity contribution in [2.45, 2.75) is 37.8 Å². The third-order valence-electron chi connectivity index (χ3n) is 5.49. The van der Waals surface area contributed by atoms with Gasteiger partial charge in [-0.05, 0) is 56.6 Å². The average Bonchev–Trinajstić information content (AvgIpc) is 3.11. The number of likely N-dealkylation sites (tertiary alicyclic amines) is 1. The predicted octanol–water partition coefficient (Wildman–Crippen LogP) is 1.42. The SMILES string of the molecule is OCC1CCCCN1CCCNCC1CNNC1c1ccc(F)cc1. The average molecular weight is 350 g/mol. The van der Waals surface area contributed by atoms with Gasteiger partial charge in [-0.15, -0.1) is 0 Å². The highest BCUT2D eigenvalue weighted by Crippen LogP contribution is 2.24. The Hall–Kier alpha value is -1.05. The van der Waals surface area contributed by atoms with Gasteiger partial charge in [0.15, 0.2) is 0 Å². The van der Waals surface area contributed by atoms with Crippen LogP contribution in [0.4, 0.5) is 4.39 Å². The highest BCUT2D eigenvalue weighted by molar-refractivity contribution is 5.21. The van der Waals surface area contributed by atoms with Gasteiger partial charge in [0.05, 0.1) is 12.6 Å². The fourth-order valence-corrected chi connectivity index (χ4v) is 4.01. The van der Waals surface area contributed by atoms with E-state index in [2.05, 4.69) is 21.1 Å². The Morgan fingerprint density at radius 1 is 1.24 bits per heavy atom. The first-order chi connectivity index (χ1) is 12.3. The Labute approximate surface area is 150 Å². The van der Waals surface area contributed by atoms with E-state index in [1.807, 2.05) is 12.1 Å². The summed E-state index contributed by atoms with van der Waals surface area (Å²) in [5.74, 6) is 0.258. The van der Waals surface area contributed by atoms with E-state index in [0.29, 0.717) is 12.0 Å². The second-order valence-electron chi connectivity index (χ2n) is 7.24. The van der Waals surface area contributed by atoms with E-state index in [9.17, 15) is 9.50 Å². The Morgan fingerprint density at radius 2 is 2.08 bits per heavy atom. The molecular formula is C19H31FN4O. The van der Waals surface area contributed by atoms with Gasteiger partial charge in [0.25, 0.3) is 0 Å². The van der Waals surface area contributed by atoms with Gasteiger partial charge >= 0.3 is 0 Å². The normalized spacial score (nSPS) is 27.7. The van der Waals surface area contributed by atoms with Crippen molar-refractivity contribution in [2.24, 2.45) is 5.92 Å². The summed E-state index contributed by atoms with van der Waals surface area (Å²) in [4.78, 5) is 2.44. The first-order valence-corrected chi connectivity index (χ1v) is 9.57. The molecule has 0 spiro atoms. The molecule has 3 unspecified atom stereocenters. The van der Waals surface area contributed by atoms with Crippen LogP contribution in [0.15, 0.2) is 24.3 Å². The lowest BCUT2D eigenvalue weighted by atomic mass is 9.95. The number of hydrazine groups is 1. The van der Waals surface area contributed by atoms with E-state index in [1.165, 1.54) is 25.0 Å². The minimum Gasteiger partial charge on any atom is -0.395 e. The largest absolute Gasteiger partial charge is 0.395 e. The molecule has 0 aliphatic carbocycles. The van der Waals surface area contributed by atoms with Gasteiger partial charge in [0.2, 0.25) is 0 Å². The highest BCUT2D eigenvalue weighted by atomic mass is 19.1. The molecule has 25 heavy (non-hydrogen) atoms. The first-order valence-electron chi connectivity index (χ1n) is 9.57. The minimum absolute atomic E-state index is 0.191. The van der Waals surface area contributed by atoms with Crippen molar-refractivity contribution in [3.63, 3.8) is 0 Å². The van der Waals surface area contributed by atoms with Crippen molar-refractivity contribution in [1.82, 2.24) is 21.1 Å². The van der Waals surface area contributed by atoms with Crippen molar-refractivity contribution < 1.29 is 9.50 Å². The summed E-state index contributed by atoms with van der Waals surface area (Å²) in [5.41, 5.74) is 7.64. The maximum Gasteiger partial charge on any atom is 0.123 e. The zero-order valence-corrected chi connectivity index (χ0v) is 14.9. The summed E-state index contributed by atoms with van der Waals surface area (Å²) < 4.78 is 13.1. The van der Waals surface area contributed by atoms with Gasteiger partial charge in [-0.1, -0.05) is 18.6 Å². The molecule has 2 fully saturated rings. The molecule has 5 nitrogen and oxygen atoms in total. The molecule has 140 valence electrons. The monoisotopic (exact) mass is 350 g/mol. The van der Waals surface area contributed by atoms with E-state index >= 15 is 0 Å². The molecule has 0 bridgehead atoms. The lowest BCUT2D eigenvalue weighted by Gasteiger charge is -2.34. The van der Waals surface area contributed by atoms with Crippen LogP contribution in [0.1, 0.15) is 37.3 Å². The first kappa shape index (κ1) is 18.7. The molecule has 0 radical (unpaired) electrons. The molecule has 2 heterocycles. The van der Waals surface area contributed by atoms with Crippen molar-refractivity contribution in [1.29, 1.82) is 0 Å². The molecule has 4 N–H and O–H groups in total. The molecule has 1 aromatic carbocycles. The van der Waals surface area contributed by atoms with Crippen LogP contribution in [0.2, 0.25) is 0 Å². The molecule has 3 atom stereocenters. The van der Waals surface area contributed by atoms with Gasteiger partial charge in [-0.25, -0.2) is 9.82 Å². The van der Waals surface area contributed by atoms with E-state index in [-0.39, 0.29) is 18.5 Å². The molecule has 3 rings (SSSR count). The van der Waals surface area contributed by atoms with Gasteiger partial charge in [-0.3, -0.25) is 10.3 Å². The lowest BCUT2D eigenvalue weighted by molar-refractivity contribution is 0.0892. The number of aliphatic hydroxyl groups excluding tert-OH is 1. The van der Waals surface area contributed by atoms with Crippen molar-refractivity contribution in [3.8, 4) is 0 Å². The smallest absolute Gasteiger partial charge is 0.123 e. The molecular weight excluding hydrogens is 319 g/mol. The van der Waals surface area contributed by atoms with Gasteiger partial charge in [-0.2, -0.15) is 0 Å². The molecule has 1 aromatic rings. The fourth-order valence-electron chi connectivity index (χ4n) is 4.01. The Bertz CT molecular complexity index is 513. The molecule has 2 aliphatic heterocycles. The molecule has 0 aromatic heterocycles. The number of hydrogen-bond donors (Lipinski definition) is 4. The zero-order valence-electron chi connectivity index (χ0n) is 14.9. The number of hydrogen-bond acceptors (Lipinski definition) is 5. The lowest BCUT2D eigenvalue weighted by Crippen LogP contribution is -2.43. The van der Waals surface area contributed by atoms with Crippen LogP contribution in [-0.4, -0.2) is 55.4 Å². The summed E-state index contributed by atoms with van der Waals surface area (Å²) >= 11 is 0.